The highest BCUT2D eigenvalue weighted by atomic mass is 16.2. The molecule has 6 nitrogen and oxygen atoms in total. The maximum Gasteiger partial charge on any atom is 0.261 e. The van der Waals surface area contributed by atoms with Crippen molar-refractivity contribution in [3.8, 4) is 11.1 Å². The van der Waals surface area contributed by atoms with E-state index in [1.54, 1.807) is 6.92 Å². The number of carbonyl (C=O) groups excluding carboxylic acids is 3. The number of amides is 3. The van der Waals surface area contributed by atoms with E-state index in [1.165, 1.54) is 5.01 Å². The molecule has 0 spiro atoms. The van der Waals surface area contributed by atoms with E-state index >= 15 is 0 Å². The van der Waals surface area contributed by atoms with Crippen LogP contribution in [0.5, 0.6) is 0 Å². The molecule has 0 aromatic heterocycles. The monoisotopic (exact) mass is 377 g/mol. The van der Waals surface area contributed by atoms with Crippen molar-refractivity contribution in [3.05, 3.63) is 54.1 Å². The van der Waals surface area contributed by atoms with E-state index in [0.29, 0.717) is 5.69 Å². The van der Waals surface area contributed by atoms with Crippen LogP contribution in [0.2, 0.25) is 0 Å². The predicted octanol–water partition coefficient (Wildman–Crippen LogP) is 2.75. The largest absolute Gasteiger partial charge is 0.344 e. The highest BCUT2D eigenvalue weighted by Crippen LogP contribution is 2.39. The molecule has 2 aliphatic rings. The Balaban J connectivity index is 1.64. The lowest BCUT2D eigenvalue weighted by Gasteiger charge is -2.27. The molecule has 0 bridgehead atoms. The summed E-state index contributed by atoms with van der Waals surface area (Å²) in [5.74, 6) is -1.14. The molecular formula is C22H23N3O3. The predicted molar refractivity (Wildman–Crippen MR) is 106 cm³/mol. The van der Waals surface area contributed by atoms with Gasteiger partial charge in [-0.25, -0.2) is 5.01 Å². The molecule has 1 aliphatic carbocycles. The molecule has 1 fully saturated rings. The standard InChI is InChI=1S/C22H23N3O3/c1-13-16-7-3-4-8-17(16)18-9-5-6-10-19(18)25(22(13)28)24-20(26)14(2)23-21(27)15-11-12-15/h3-10,13-15H,11-12H2,1-2H3,(H,23,27)(H,24,26)/t13?,14-/m0/s1. The van der Waals surface area contributed by atoms with Crippen LogP contribution in [0.25, 0.3) is 11.1 Å². The summed E-state index contributed by atoms with van der Waals surface area (Å²) in [6.45, 7) is 3.46. The number of para-hydroxylation sites is 1. The lowest BCUT2D eigenvalue weighted by molar-refractivity contribution is -0.130. The molecule has 1 heterocycles. The highest BCUT2D eigenvalue weighted by Gasteiger charge is 2.34. The maximum atomic E-state index is 13.2. The molecule has 2 aromatic carbocycles. The molecule has 4 rings (SSSR count). The Kier molecular flexibility index (Phi) is 4.63. The average Bonchev–Trinajstić information content (AvgIpc) is 3.56. The van der Waals surface area contributed by atoms with Crippen LogP contribution in [0.1, 0.15) is 38.2 Å². The number of fused-ring (bicyclic) bond motifs is 3. The molecule has 144 valence electrons. The zero-order chi connectivity index (χ0) is 19.8. The van der Waals surface area contributed by atoms with Crippen LogP contribution in [0, 0.1) is 5.92 Å². The number of hydrogen-bond acceptors (Lipinski definition) is 3. The van der Waals surface area contributed by atoms with Gasteiger partial charge in [-0.3, -0.25) is 19.8 Å². The van der Waals surface area contributed by atoms with Gasteiger partial charge in [-0.15, -0.1) is 0 Å². The fourth-order valence-electron chi connectivity index (χ4n) is 3.53. The normalized spacial score (nSPS) is 19.1. The van der Waals surface area contributed by atoms with Gasteiger partial charge in [0.05, 0.1) is 11.6 Å². The fraction of sp³-hybridized carbons (Fsp3) is 0.318. The van der Waals surface area contributed by atoms with Gasteiger partial charge in [0, 0.05) is 11.5 Å². The summed E-state index contributed by atoms with van der Waals surface area (Å²) in [7, 11) is 0. The molecule has 2 aromatic rings. The third kappa shape index (κ3) is 3.26. The molecule has 1 saturated carbocycles. The van der Waals surface area contributed by atoms with Gasteiger partial charge in [-0.2, -0.15) is 0 Å². The van der Waals surface area contributed by atoms with Crippen molar-refractivity contribution >= 4 is 23.4 Å². The van der Waals surface area contributed by atoms with Crippen LogP contribution in [-0.4, -0.2) is 23.8 Å². The number of anilines is 1. The van der Waals surface area contributed by atoms with Crippen molar-refractivity contribution < 1.29 is 14.4 Å². The zero-order valence-corrected chi connectivity index (χ0v) is 15.9. The van der Waals surface area contributed by atoms with Crippen LogP contribution in [-0.2, 0) is 14.4 Å². The third-order valence-corrected chi connectivity index (χ3v) is 5.38. The molecular weight excluding hydrogens is 354 g/mol. The van der Waals surface area contributed by atoms with E-state index in [2.05, 4.69) is 10.7 Å². The Labute approximate surface area is 163 Å². The van der Waals surface area contributed by atoms with Gasteiger partial charge in [0.2, 0.25) is 5.91 Å². The number of hydrogen-bond donors (Lipinski definition) is 2. The van der Waals surface area contributed by atoms with E-state index in [9.17, 15) is 14.4 Å². The molecule has 2 N–H and O–H groups in total. The van der Waals surface area contributed by atoms with Crippen molar-refractivity contribution in [1.82, 2.24) is 10.7 Å². The van der Waals surface area contributed by atoms with Gasteiger partial charge in [0.1, 0.15) is 6.04 Å². The van der Waals surface area contributed by atoms with Gasteiger partial charge in [0.15, 0.2) is 0 Å². The second-order valence-corrected chi connectivity index (χ2v) is 7.48. The number of carbonyl (C=O) groups is 3. The number of nitrogens with one attached hydrogen (secondary N) is 2. The maximum absolute atomic E-state index is 13.2. The minimum Gasteiger partial charge on any atom is -0.344 e. The summed E-state index contributed by atoms with van der Waals surface area (Å²) >= 11 is 0. The Hall–Kier alpha value is -3.15. The summed E-state index contributed by atoms with van der Waals surface area (Å²) in [5, 5.41) is 4.05. The van der Waals surface area contributed by atoms with Crippen molar-refractivity contribution in [2.75, 3.05) is 5.01 Å². The zero-order valence-electron chi connectivity index (χ0n) is 15.9. The first-order chi connectivity index (χ1) is 13.5. The first kappa shape index (κ1) is 18.2. The molecule has 0 radical (unpaired) electrons. The summed E-state index contributed by atoms with van der Waals surface area (Å²) in [5.41, 5.74) is 6.13. The summed E-state index contributed by atoms with van der Waals surface area (Å²) in [4.78, 5) is 37.9. The third-order valence-electron chi connectivity index (χ3n) is 5.38. The number of nitrogens with zero attached hydrogens (tertiary/aromatic N) is 1. The highest BCUT2D eigenvalue weighted by molar-refractivity contribution is 6.06. The van der Waals surface area contributed by atoms with Crippen LogP contribution >= 0.6 is 0 Å². The van der Waals surface area contributed by atoms with E-state index in [4.69, 9.17) is 0 Å². The molecule has 6 heteroatoms. The summed E-state index contributed by atoms with van der Waals surface area (Å²) < 4.78 is 0. The minimum absolute atomic E-state index is 0.0188. The Morgan fingerprint density at radius 3 is 2.39 bits per heavy atom. The van der Waals surface area contributed by atoms with Gasteiger partial charge in [-0.1, -0.05) is 42.5 Å². The molecule has 1 aliphatic heterocycles. The molecule has 2 atom stereocenters. The number of hydrazine groups is 1. The average molecular weight is 377 g/mol. The first-order valence-corrected chi connectivity index (χ1v) is 9.60. The van der Waals surface area contributed by atoms with Gasteiger partial charge in [0.25, 0.3) is 11.8 Å². The lowest BCUT2D eigenvalue weighted by atomic mass is 9.92. The molecule has 0 saturated heterocycles. The van der Waals surface area contributed by atoms with Gasteiger partial charge >= 0.3 is 0 Å². The Morgan fingerprint density at radius 2 is 1.68 bits per heavy atom. The van der Waals surface area contributed by atoms with Crippen LogP contribution < -0.4 is 15.8 Å². The quantitative estimate of drug-likeness (QED) is 0.860. The van der Waals surface area contributed by atoms with Crippen molar-refractivity contribution in [2.24, 2.45) is 5.92 Å². The fourth-order valence-corrected chi connectivity index (χ4v) is 3.53. The van der Waals surface area contributed by atoms with E-state index in [0.717, 1.165) is 29.5 Å². The van der Waals surface area contributed by atoms with Crippen molar-refractivity contribution in [1.29, 1.82) is 0 Å². The molecule has 1 unspecified atom stereocenters. The van der Waals surface area contributed by atoms with Crippen LogP contribution in [0.15, 0.2) is 48.5 Å². The lowest BCUT2D eigenvalue weighted by Crippen LogP contribution is -2.54. The van der Waals surface area contributed by atoms with Crippen LogP contribution in [0.3, 0.4) is 0 Å². The van der Waals surface area contributed by atoms with E-state index in [1.807, 2.05) is 55.5 Å². The van der Waals surface area contributed by atoms with Gasteiger partial charge in [-0.05, 0) is 43.9 Å². The van der Waals surface area contributed by atoms with Crippen molar-refractivity contribution in [3.63, 3.8) is 0 Å². The number of benzene rings is 2. The van der Waals surface area contributed by atoms with Crippen LogP contribution in [0.4, 0.5) is 5.69 Å². The Bertz CT molecular complexity index is 952. The number of rotatable bonds is 4. The summed E-state index contributed by atoms with van der Waals surface area (Å²) in [6.07, 6.45) is 1.74. The molecule has 28 heavy (non-hydrogen) atoms. The second-order valence-electron chi connectivity index (χ2n) is 7.48. The van der Waals surface area contributed by atoms with E-state index < -0.39 is 17.9 Å². The topological polar surface area (TPSA) is 78.5 Å². The SMILES string of the molecule is CC1C(=O)N(NC(=O)[C@H](C)NC(=O)C2CC2)c2ccccc2-c2ccccc21. The second kappa shape index (κ2) is 7.11. The van der Waals surface area contributed by atoms with Crippen molar-refractivity contribution in [2.45, 2.75) is 38.6 Å². The van der Waals surface area contributed by atoms with Gasteiger partial charge < -0.3 is 5.32 Å². The van der Waals surface area contributed by atoms with E-state index in [-0.39, 0.29) is 17.7 Å². The molecule has 3 amide bonds. The first-order valence-electron chi connectivity index (χ1n) is 9.60. The summed E-state index contributed by atoms with van der Waals surface area (Å²) in [6, 6.07) is 14.6. The Morgan fingerprint density at radius 1 is 1.04 bits per heavy atom. The smallest absolute Gasteiger partial charge is 0.261 e. The minimum atomic E-state index is -0.728.